The maximum absolute atomic E-state index is 13.0. The normalized spacial score (nSPS) is 17.5. The van der Waals surface area contributed by atoms with Crippen molar-refractivity contribution in [1.29, 1.82) is 0 Å². The maximum atomic E-state index is 13.0. The van der Waals surface area contributed by atoms with Gasteiger partial charge in [0, 0.05) is 44.7 Å². The minimum atomic E-state index is 0.00837. The van der Waals surface area contributed by atoms with Gasteiger partial charge in [-0.3, -0.25) is 9.89 Å². The fraction of sp³-hybridized carbons (Fsp3) is 0.350. The number of amides is 1. The predicted octanol–water partition coefficient (Wildman–Crippen LogP) is 3.04. The molecule has 0 saturated carbocycles. The van der Waals surface area contributed by atoms with Crippen LogP contribution in [0.5, 0.6) is 0 Å². The van der Waals surface area contributed by atoms with Crippen LogP contribution in [0, 0.1) is 0 Å². The first-order valence-electron chi connectivity index (χ1n) is 8.99. The average Bonchev–Trinajstić information content (AvgIpc) is 3.12. The van der Waals surface area contributed by atoms with Gasteiger partial charge in [0.25, 0.3) is 5.91 Å². The summed E-state index contributed by atoms with van der Waals surface area (Å²) in [5.74, 6) is 1.29. The first-order chi connectivity index (χ1) is 12.6. The van der Waals surface area contributed by atoms with Crippen LogP contribution >= 0.6 is 0 Å². The lowest BCUT2D eigenvalue weighted by Crippen LogP contribution is -2.39. The number of benzene rings is 1. The zero-order valence-corrected chi connectivity index (χ0v) is 15.1. The predicted molar refractivity (Wildman–Crippen MR) is 103 cm³/mol. The quantitative estimate of drug-likeness (QED) is 0.789. The highest BCUT2D eigenvalue weighted by Gasteiger charge is 2.28. The fourth-order valence-corrected chi connectivity index (χ4v) is 3.64. The second kappa shape index (κ2) is 6.78. The van der Waals surface area contributed by atoms with E-state index in [1.807, 2.05) is 54.4 Å². The van der Waals surface area contributed by atoms with Crippen LogP contribution in [-0.4, -0.2) is 53.2 Å². The Bertz CT molecular complexity index is 933. The molecule has 6 heteroatoms. The number of aromatic nitrogens is 3. The fourth-order valence-electron chi connectivity index (χ4n) is 3.64. The van der Waals surface area contributed by atoms with Gasteiger partial charge in [0.05, 0.1) is 5.52 Å². The number of H-pyrrole nitrogens is 1. The summed E-state index contributed by atoms with van der Waals surface area (Å²) in [4.78, 5) is 21.4. The molecule has 6 nitrogen and oxygen atoms in total. The zero-order chi connectivity index (χ0) is 18.1. The van der Waals surface area contributed by atoms with Gasteiger partial charge < -0.3 is 9.80 Å². The van der Waals surface area contributed by atoms with E-state index in [9.17, 15) is 4.79 Å². The number of nitrogens with one attached hydrogen (secondary N) is 1. The Morgan fingerprint density at radius 1 is 1.27 bits per heavy atom. The van der Waals surface area contributed by atoms with Crippen LogP contribution in [0.1, 0.15) is 34.8 Å². The molecular formula is C20H23N5O. The summed E-state index contributed by atoms with van der Waals surface area (Å²) in [6.07, 6.45) is 3.94. The van der Waals surface area contributed by atoms with Gasteiger partial charge in [-0.2, -0.15) is 5.10 Å². The van der Waals surface area contributed by atoms with Crippen molar-refractivity contribution in [2.45, 2.75) is 18.8 Å². The van der Waals surface area contributed by atoms with E-state index in [4.69, 9.17) is 0 Å². The van der Waals surface area contributed by atoms with Gasteiger partial charge in [-0.05, 0) is 36.6 Å². The number of aromatic amines is 1. The number of fused-ring (bicyclic) bond motifs is 1. The molecule has 0 spiro atoms. The molecule has 26 heavy (non-hydrogen) atoms. The standard InChI is InChI=1S/C20H23N5O/c1-24(2)18-12-14(9-10-21-18)15-6-5-11-25(13-15)20(26)19-16-7-3-4-8-17(16)22-23-19/h3-4,7-10,12,15H,5-6,11,13H2,1-2H3,(H,22,23)/t15-/m1/s1. The summed E-state index contributed by atoms with van der Waals surface area (Å²) in [7, 11) is 3.98. The zero-order valence-electron chi connectivity index (χ0n) is 15.1. The Morgan fingerprint density at radius 3 is 2.96 bits per heavy atom. The Morgan fingerprint density at radius 2 is 2.12 bits per heavy atom. The van der Waals surface area contributed by atoms with E-state index in [1.54, 1.807) is 0 Å². The molecule has 1 atom stereocenters. The Labute approximate surface area is 152 Å². The number of para-hydroxylation sites is 1. The van der Waals surface area contributed by atoms with Crippen LogP contribution in [0.4, 0.5) is 5.82 Å². The molecular weight excluding hydrogens is 326 g/mol. The van der Waals surface area contributed by atoms with Gasteiger partial charge in [0.15, 0.2) is 5.69 Å². The molecule has 0 unspecified atom stereocenters. The van der Waals surface area contributed by atoms with Crippen LogP contribution < -0.4 is 4.90 Å². The summed E-state index contributed by atoms with van der Waals surface area (Å²) in [5, 5.41) is 8.12. The molecule has 0 radical (unpaired) electrons. The van der Waals surface area contributed by atoms with Crippen LogP contribution in [0.15, 0.2) is 42.6 Å². The maximum Gasteiger partial charge on any atom is 0.275 e. The molecule has 2 aromatic heterocycles. The number of carbonyl (C=O) groups excluding carboxylic acids is 1. The second-order valence-electron chi connectivity index (χ2n) is 7.05. The van der Waals surface area contributed by atoms with Crippen molar-refractivity contribution in [1.82, 2.24) is 20.1 Å². The number of piperidine rings is 1. The van der Waals surface area contributed by atoms with Crippen LogP contribution in [0.2, 0.25) is 0 Å². The third-order valence-corrected chi connectivity index (χ3v) is 5.08. The van der Waals surface area contributed by atoms with E-state index in [0.29, 0.717) is 11.6 Å². The highest BCUT2D eigenvalue weighted by Crippen LogP contribution is 2.29. The Hall–Kier alpha value is -2.89. The molecule has 3 heterocycles. The van der Waals surface area contributed by atoms with E-state index in [2.05, 4.69) is 27.3 Å². The Kier molecular flexibility index (Phi) is 4.32. The molecule has 1 aliphatic heterocycles. The minimum absolute atomic E-state index is 0.00837. The van der Waals surface area contributed by atoms with Crippen molar-refractivity contribution in [3.8, 4) is 0 Å². The number of hydrogen-bond acceptors (Lipinski definition) is 4. The van der Waals surface area contributed by atoms with Crippen molar-refractivity contribution < 1.29 is 4.79 Å². The number of likely N-dealkylation sites (tertiary alicyclic amines) is 1. The number of hydrogen-bond donors (Lipinski definition) is 1. The van der Waals surface area contributed by atoms with Crippen molar-refractivity contribution in [3.63, 3.8) is 0 Å². The summed E-state index contributed by atoms with van der Waals surface area (Å²) >= 11 is 0. The third kappa shape index (κ3) is 3.03. The van der Waals surface area contributed by atoms with Crippen molar-refractivity contribution in [2.75, 3.05) is 32.1 Å². The largest absolute Gasteiger partial charge is 0.363 e. The molecule has 3 aromatic rings. The molecule has 1 fully saturated rings. The van der Waals surface area contributed by atoms with E-state index in [0.717, 1.165) is 42.7 Å². The van der Waals surface area contributed by atoms with Gasteiger partial charge in [-0.1, -0.05) is 18.2 Å². The van der Waals surface area contributed by atoms with Crippen molar-refractivity contribution >= 4 is 22.6 Å². The number of anilines is 1. The molecule has 4 rings (SSSR count). The van der Waals surface area contributed by atoms with Crippen LogP contribution in [0.25, 0.3) is 10.9 Å². The van der Waals surface area contributed by atoms with E-state index < -0.39 is 0 Å². The molecule has 0 aliphatic carbocycles. The van der Waals surface area contributed by atoms with E-state index in [1.165, 1.54) is 5.56 Å². The molecule has 1 saturated heterocycles. The Balaban J connectivity index is 1.57. The third-order valence-electron chi connectivity index (χ3n) is 5.08. The molecule has 1 N–H and O–H groups in total. The highest BCUT2D eigenvalue weighted by molar-refractivity contribution is 6.04. The SMILES string of the molecule is CN(C)c1cc([C@@H]2CCCN(C(=O)c3n[nH]c4ccccc34)C2)ccn1. The first kappa shape index (κ1) is 16.6. The number of pyridine rings is 1. The lowest BCUT2D eigenvalue weighted by molar-refractivity contribution is 0.0703. The van der Waals surface area contributed by atoms with Crippen LogP contribution in [0.3, 0.4) is 0 Å². The van der Waals surface area contributed by atoms with Crippen molar-refractivity contribution in [2.24, 2.45) is 0 Å². The van der Waals surface area contributed by atoms with Crippen LogP contribution in [-0.2, 0) is 0 Å². The van der Waals surface area contributed by atoms with E-state index >= 15 is 0 Å². The lowest BCUT2D eigenvalue weighted by Gasteiger charge is -2.33. The molecule has 0 bridgehead atoms. The minimum Gasteiger partial charge on any atom is -0.363 e. The van der Waals surface area contributed by atoms with Gasteiger partial charge in [0.1, 0.15) is 5.82 Å². The molecule has 134 valence electrons. The summed E-state index contributed by atoms with van der Waals surface area (Å²) in [6.45, 7) is 1.50. The second-order valence-corrected chi connectivity index (χ2v) is 7.05. The summed E-state index contributed by atoms with van der Waals surface area (Å²) in [6, 6.07) is 12.0. The topological polar surface area (TPSA) is 65.1 Å². The monoisotopic (exact) mass is 349 g/mol. The van der Waals surface area contributed by atoms with Gasteiger partial charge in [-0.15, -0.1) is 0 Å². The molecule has 1 aromatic carbocycles. The smallest absolute Gasteiger partial charge is 0.275 e. The first-order valence-corrected chi connectivity index (χ1v) is 8.99. The lowest BCUT2D eigenvalue weighted by atomic mass is 9.91. The molecule has 1 aliphatic rings. The number of rotatable bonds is 3. The number of carbonyl (C=O) groups is 1. The van der Waals surface area contributed by atoms with Gasteiger partial charge in [-0.25, -0.2) is 4.98 Å². The average molecular weight is 349 g/mol. The highest BCUT2D eigenvalue weighted by atomic mass is 16.2. The summed E-state index contributed by atoms with van der Waals surface area (Å²) < 4.78 is 0. The molecule has 1 amide bonds. The van der Waals surface area contributed by atoms with Crippen molar-refractivity contribution in [3.05, 3.63) is 53.9 Å². The van der Waals surface area contributed by atoms with Gasteiger partial charge in [0.2, 0.25) is 0 Å². The summed E-state index contributed by atoms with van der Waals surface area (Å²) in [5.41, 5.74) is 2.66. The number of nitrogens with zero attached hydrogens (tertiary/aromatic N) is 4. The van der Waals surface area contributed by atoms with E-state index in [-0.39, 0.29) is 5.91 Å². The van der Waals surface area contributed by atoms with Gasteiger partial charge >= 0.3 is 0 Å².